The topological polar surface area (TPSA) is 119 Å². The second kappa shape index (κ2) is 14.2. The van der Waals surface area contributed by atoms with Gasteiger partial charge >= 0.3 is 0 Å². The Morgan fingerprint density at radius 1 is 0.935 bits per heavy atom. The zero-order valence-corrected chi connectivity index (χ0v) is 26.7. The number of nitrogens with one attached hydrogen (secondary N) is 1. The molecule has 10 heteroatoms. The molecule has 1 saturated heterocycles. The molecule has 2 aliphatic heterocycles. The molecule has 0 unspecified atom stereocenters. The molecule has 46 heavy (non-hydrogen) atoms. The fourth-order valence-electron chi connectivity index (χ4n) is 7.41. The second-order valence-corrected chi connectivity index (χ2v) is 12.4. The Morgan fingerprint density at radius 3 is 2.20 bits per heavy atom. The number of methoxy groups -OCH3 is 3. The summed E-state index contributed by atoms with van der Waals surface area (Å²) in [7, 11) is 4.63. The lowest BCUT2D eigenvalue weighted by Gasteiger charge is -2.41. The quantitative estimate of drug-likeness (QED) is 0.289. The molecule has 4 atom stereocenters. The Balaban J connectivity index is 1.24. The highest BCUT2D eigenvalue weighted by atomic mass is 16.7. The summed E-state index contributed by atoms with van der Waals surface area (Å²) in [6.07, 6.45) is 2.26. The van der Waals surface area contributed by atoms with E-state index in [2.05, 4.69) is 40.5 Å². The van der Waals surface area contributed by atoms with Gasteiger partial charge in [0, 0.05) is 31.5 Å². The van der Waals surface area contributed by atoms with Crippen LogP contribution in [-0.4, -0.2) is 81.9 Å². The number of ether oxygens (including phenoxy) is 5. The van der Waals surface area contributed by atoms with E-state index in [1.54, 1.807) is 20.3 Å². The fraction of sp³-hybridized carbons (Fsp3) is 0.472. The summed E-state index contributed by atoms with van der Waals surface area (Å²) in [5.41, 5.74) is 3.41. The lowest BCUT2D eigenvalue weighted by molar-refractivity contribution is -0.131. The first-order chi connectivity index (χ1) is 22.4. The number of hydrogen-bond acceptors (Lipinski definition) is 9. The van der Waals surface area contributed by atoms with Crippen LogP contribution in [0.5, 0.6) is 28.7 Å². The predicted molar refractivity (Wildman–Crippen MR) is 172 cm³/mol. The maximum absolute atomic E-state index is 14.2. The number of hydrogen-bond donors (Lipinski definition) is 3. The van der Waals surface area contributed by atoms with E-state index in [0.29, 0.717) is 46.8 Å². The molecule has 0 bridgehead atoms. The minimum atomic E-state index is -1.09. The zero-order valence-electron chi connectivity index (χ0n) is 26.7. The van der Waals surface area contributed by atoms with Crippen molar-refractivity contribution in [3.63, 3.8) is 0 Å². The van der Waals surface area contributed by atoms with Crippen molar-refractivity contribution in [1.29, 1.82) is 0 Å². The number of carbonyl (C=O) groups excluding carboxylic acids is 1. The maximum atomic E-state index is 14.2. The van der Waals surface area contributed by atoms with Gasteiger partial charge in [-0.1, -0.05) is 30.3 Å². The number of aliphatic hydroxyl groups is 2. The lowest BCUT2D eigenvalue weighted by atomic mass is 9.64. The number of benzene rings is 3. The highest BCUT2D eigenvalue weighted by Gasteiger charge is 2.47. The Morgan fingerprint density at radius 2 is 1.59 bits per heavy atom. The van der Waals surface area contributed by atoms with Gasteiger partial charge in [0.25, 0.3) is 0 Å². The first kappa shape index (κ1) is 32.0. The van der Waals surface area contributed by atoms with Gasteiger partial charge in [0.2, 0.25) is 18.4 Å². The SMILES string of the molecule is COc1cc([C@@H]2c3cc4c(cc3[C@H](O)[C@@H](CO)[C@@H]2C(=O)NCCN2CCC(Cc3ccccc3)CC2)OCO4)cc(OC)c1OC. The molecule has 3 N–H and O–H groups in total. The van der Waals surface area contributed by atoms with Gasteiger partial charge in [-0.3, -0.25) is 4.79 Å². The van der Waals surface area contributed by atoms with Gasteiger partial charge in [0.1, 0.15) is 0 Å². The standard InChI is InChI=1S/C36H44N2O8/c1-42-30-16-24(17-31(43-2)35(30)44-3)32-25-18-28-29(46-21-45-28)19-26(25)34(40)27(20-39)33(32)36(41)37-11-14-38-12-9-23(10-13-38)15-22-7-5-4-6-8-22/h4-8,16-19,23,27,32-34,39-40H,9-15,20-21H2,1-3H3,(H,37,41)/t27-,32+,33-,34-/m0/s1. The van der Waals surface area contributed by atoms with Crippen LogP contribution in [0.25, 0.3) is 0 Å². The molecule has 3 aliphatic rings. The van der Waals surface area contributed by atoms with E-state index in [0.717, 1.165) is 50.0 Å². The molecular formula is C36H44N2O8. The van der Waals surface area contributed by atoms with Gasteiger partial charge in [-0.05, 0) is 84.8 Å². The third-order valence-corrected chi connectivity index (χ3v) is 9.82. The monoisotopic (exact) mass is 632 g/mol. The number of amides is 1. The third-order valence-electron chi connectivity index (χ3n) is 9.82. The maximum Gasteiger partial charge on any atom is 0.231 e. The van der Waals surface area contributed by atoms with Crippen LogP contribution < -0.4 is 29.0 Å². The molecule has 0 aromatic heterocycles. The van der Waals surface area contributed by atoms with Crippen molar-refractivity contribution >= 4 is 5.91 Å². The number of nitrogens with zero attached hydrogens (tertiary/aromatic N) is 1. The van der Waals surface area contributed by atoms with Crippen molar-refractivity contribution in [2.24, 2.45) is 17.8 Å². The molecule has 1 fully saturated rings. The van der Waals surface area contributed by atoms with Crippen LogP contribution in [-0.2, 0) is 11.2 Å². The number of carbonyl (C=O) groups is 1. The molecule has 1 aliphatic carbocycles. The van der Waals surface area contributed by atoms with Crippen LogP contribution in [0.1, 0.15) is 47.1 Å². The van der Waals surface area contributed by atoms with Crippen molar-refractivity contribution in [2.45, 2.75) is 31.3 Å². The van der Waals surface area contributed by atoms with E-state index >= 15 is 0 Å². The Kier molecular flexibility index (Phi) is 9.86. The number of likely N-dealkylation sites (tertiary alicyclic amines) is 1. The van der Waals surface area contributed by atoms with Crippen molar-refractivity contribution in [3.05, 3.63) is 76.9 Å². The van der Waals surface area contributed by atoms with Crippen molar-refractivity contribution in [3.8, 4) is 28.7 Å². The summed E-state index contributed by atoms with van der Waals surface area (Å²) < 4.78 is 28.2. The summed E-state index contributed by atoms with van der Waals surface area (Å²) in [4.78, 5) is 16.6. The zero-order chi connectivity index (χ0) is 32.2. The average Bonchev–Trinajstić information content (AvgIpc) is 3.55. The van der Waals surface area contributed by atoms with E-state index in [-0.39, 0.29) is 19.3 Å². The van der Waals surface area contributed by atoms with E-state index in [1.807, 2.05) is 18.2 Å². The van der Waals surface area contributed by atoms with Crippen LogP contribution in [0.4, 0.5) is 0 Å². The van der Waals surface area contributed by atoms with E-state index in [4.69, 9.17) is 23.7 Å². The first-order valence-corrected chi connectivity index (χ1v) is 16.0. The molecule has 3 aromatic carbocycles. The fourth-order valence-corrected chi connectivity index (χ4v) is 7.41. The molecule has 1 amide bonds. The number of aliphatic hydroxyl groups excluding tert-OH is 2. The summed E-state index contributed by atoms with van der Waals surface area (Å²) in [6, 6.07) is 17.9. The highest BCUT2D eigenvalue weighted by Crippen LogP contribution is 2.53. The van der Waals surface area contributed by atoms with Gasteiger partial charge in [-0.15, -0.1) is 0 Å². The van der Waals surface area contributed by atoms with E-state index in [1.165, 1.54) is 12.7 Å². The van der Waals surface area contributed by atoms with Gasteiger partial charge in [0.05, 0.1) is 33.4 Å². The van der Waals surface area contributed by atoms with Gasteiger partial charge in [0.15, 0.2) is 23.0 Å². The van der Waals surface area contributed by atoms with E-state index < -0.39 is 23.9 Å². The number of piperidine rings is 1. The first-order valence-electron chi connectivity index (χ1n) is 16.0. The molecule has 6 rings (SSSR count). The summed E-state index contributed by atoms with van der Waals surface area (Å²) in [6.45, 7) is 2.85. The van der Waals surface area contributed by atoms with Crippen molar-refractivity contribution < 1.29 is 38.7 Å². The van der Waals surface area contributed by atoms with Gasteiger partial charge < -0.3 is 44.1 Å². The summed E-state index contributed by atoms with van der Waals surface area (Å²) in [5, 5.41) is 25.4. The minimum absolute atomic E-state index is 0.0695. The Bertz CT molecular complexity index is 1480. The van der Waals surface area contributed by atoms with Gasteiger partial charge in [-0.2, -0.15) is 0 Å². The van der Waals surface area contributed by atoms with Crippen LogP contribution in [0.2, 0.25) is 0 Å². The largest absolute Gasteiger partial charge is 0.493 e. The van der Waals surface area contributed by atoms with Crippen LogP contribution in [0.15, 0.2) is 54.6 Å². The smallest absolute Gasteiger partial charge is 0.231 e. The van der Waals surface area contributed by atoms with Gasteiger partial charge in [-0.25, -0.2) is 0 Å². The van der Waals surface area contributed by atoms with Crippen LogP contribution in [0.3, 0.4) is 0 Å². The summed E-state index contributed by atoms with van der Waals surface area (Å²) >= 11 is 0. The van der Waals surface area contributed by atoms with E-state index in [9.17, 15) is 15.0 Å². The number of rotatable bonds is 11. The Hall–Kier alpha value is -3.99. The average molecular weight is 633 g/mol. The highest BCUT2D eigenvalue weighted by molar-refractivity contribution is 5.82. The molecular weight excluding hydrogens is 588 g/mol. The molecule has 2 heterocycles. The number of fused-ring (bicyclic) bond motifs is 2. The minimum Gasteiger partial charge on any atom is -0.493 e. The Labute approximate surface area is 270 Å². The molecule has 0 spiro atoms. The molecule has 246 valence electrons. The second-order valence-electron chi connectivity index (χ2n) is 12.4. The molecule has 0 radical (unpaired) electrons. The van der Waals surface area contributed by atoms with Crippen LogP contribution in [0, 0.1) is 17.8 Å². The molecule has 10 nitrogen and oxygen atoms in total. The normalized spacial score (nSPS) is 22.6. The lowest BCUT2D eigenvalue weighted by Crippen LogP contribution is -2.47. The molecule has 0 saturated carbocycles. The molecule has 3 aromatic rings. The van der Waals surface area contributed by atoms with Crippen molar-refractivity contribution in [1.82, 2.24) is 10.2 Å². The summed E-state index contributed by atoms with van der Waals surface area (Å²) in [5.74, 6) is 0.681. The van der Waals surface area contributed by atoms with Crippen molar-refractivity contribution in [2.75, 3.05) is 60.9 Å². The predicted octanol–water partition coefficient (Wildman–Crippen LogP) is 3.92. The third kappa shape index (κ3) is 6.34. The van der Waals surface area contributed by atoms with Crippen LogP contribution >= 0.6 is 0 Å².